The second kappa shape index (κ2) is 2.67. The van der Waals surface area contributed by atoms with Crippen LogP contribution in [0.5, 0.6) is 0 Å². The maximum absolute atomic E-state index is 12.1. The Morgan fingerprint density at radius 2 is 1.81 bits per heavy atom. The summed E-state index contributed by atoms with van der Waals surface area (Å²) in [6.45, 7) is 3.16. The summed E-state index contributed by atoms with van der Waals surface area (Å²) in [6.07, 6.45) is 5.44. The number of rotatable bonds is 0. The van der Waals surface area contributed by atoms with E-state index in [0.29, 0.717) is 12.3 Å². The van der Waals surface area contributed by atoms with Gasteiger partial charge >= 0.3 is 11.9 Å². The molecule has 1 heterocycles. The van der Waals surface area contributed by atoms with Gasteiger partial charge in [0.05, 0.1) is 0 Å². The van der Waals surface area contributed by atoms with Crippen LogP contribution in [0.15, 0.2) is 12.2 Å². The van der Waals surface area contributed by atoms with Crippen molar-refractivity contribution in [2.75, 3.05) is 0 Å². The smallest absolute Gasteiger partial charge is 0.327 e. The van der Waals surface area contributed by atoms with E-state index >= 15 is 0 Å². The van der Waals surface area contributed by atoms with Gasteiger partial charge in [-0.25, -0.2) is 0 Å². The molecule has 0 aromatic heterocycles. The van der Waals surface area contributed by atoms with Crippen LogP contribution in [0.4, 0.5) is 0 Å². The number of carbonyl (C=O) groups is 2. The quantitative estimate of drug-likeness (QED) is 0.353. The SMILES string of the molecule is CC1(C)OC(=O)C2(C[C@@H]3C=C[C@H]2C3)C(=O)O1. The number of allylic oxidation sites excluding steroid dienone is 2. The molecular formula is C12H14O4. The highest BCUT2D eigenvalue weighted by Crippen LogP contribution is 2.55. The van der Waals surface area contributed by atoms with Crippen LogP contribution in [0.3, 0.4) is 0 Å². The van der Waals surface area contributed by atoms with Crippen LogP contribution in [-0.4, -0.2) is 17.7 Å². The lowest BCUT2D eigenvalue weighted by molar-refractivity contribution is -0.253. The molecule has 1 spiro atoms. The largest absolute Gasteiger partial charge is 0.422 e. The Kier molecular flexibility index (Phi) is 1.65. The van der Waals surface area contributed by atoms with E-state index in [0.717, 1.165) is 6.42 Å². The molecule has 4 heteroatoms. The standard InChI is InChI=1S/C12H14O4/c1-11(2)15-9(13)12(10(14)16-11)6-7-3-4-8(12)5-7/h3-4,7-8H,5-6H2,1-2H3/t7-,8+/m1/s1. The molecule has 4 nitrogen and oxygen atoms in total. The zero-order chi connectivity index (χ0) is 11.6. The molecule has 0 radical (unpaired) electrons. The predicted molar refractivity (Wildman–Crippen MR) is 54.1 cm³/mol. The van der Waals surface area contributed by atoms with E-state index in [4.69, 9.17) is 9.47 Å². The molecule has 3 rings (SSSR count). The van der Waals surface area contributed by atoms with Crippen molar-refractivity contribution in [1.29, 1.82) is 0 Å². The van der Waals surface area contributed by atoms with E-state index in [1.165, 1.54) is 0 Å². The zero-order valence-electron chi connectivity index (χ0n) is 9.36. The minimum Gasteiger partial charge on any atom is -0.422 e. The number of cyclic esters (lactones) is 2. The van der Waals surface area contributed by atoms with Crippen molar-refractivity contribution < 1.29 is 19.1 Å². The lowest BCUT2D eigenvalue weighted by Crippen LogP contribution is -2.55. The summed E-state index contributed by atoms with van der Waals surface area (Å²) >= 11 is 0. The van der Waals surface area contributed by atoms with E-state index in [1.807, 2.05) is 6.08 Å². The number of hydrogen-bond donors (Lipinski definition) is 0. The first-order valence-electron chi connectivity index (χ1n) is 5.59. The first kappa shape index (κ1) is 9.87. The summed E-state index contributed by atoms with van der Waals surface area (Å²) in [5, 5.41) is 0. The van der Waals surface area contributed by atoms with Crippen LogP contribution >= 0.6 is 0 Å². The number of ether oxygens (including phenoxy) is 2. The van der Waals surface area contributed by atoms with E-state index < -0.39 is 23.1 Å². The topological polar surface area (TPSA) is 52.6 Å². The Balaban J connectivity index is 2.00. The molecule has 3 aliphatic rings. The van der Waals surface area contributed by atoms with Gasteiger partial charge in [0.1, 0.15) is 0 Å². The average Bonchev–Trinajstić information content (AvgIpc) is 2.72. The lowest BCUT2D eigenvalue weighted by Gasteiger charge is -2.41. The Hall–Kier alpha value is -1.32. The van der Waals surface area contributed by atoms with Crippen LogP contribution in [0.25, 0.3) is 0 Å². The van der Waals surface area contributed by atoms with Crippen LogP contribution in [0, 0.1) is 17.3 Å². The molecule has 86 valence electrons. The van der Waals surface area contributed by atoms with Gasteiger partial charge in [0, 0.05) is 19.8 Å². The summed E-state index contributed by atoms with van der Waals surface area (Å²) in [7, 11) is 0. The number of hydrogen-bond acceptors (Lipinski definition) is 4. The maximum Gasteiger partial charge on any atom is 0.327 e. The van der Waals surface area contributed by atoms with Gasteiger partial charge in [-0.05, 0) is 18.8 Å². The third-order valence-corrected chi connectivity index (χ3v) is 3.79. The van der Waals surface area contributed by atoms with E-state index in [2.05, 4.69) is 6.08 Å². The average molecular weight is 222 g/mol. The summed E-state index contributed by atoms with van der Waals surface area (Å²) in [5.74, 6) is -1.65. The molecule has 2 aliphatic carbocycles. The molecule has 1 aliphatic heterocycles. The summed E-state index contributed by atoms with van der Waals surface area (Å²) < 4.78 is 10.4. The maximum atomic E-state index is 12.1. The molecule has 2 fully saturated rings. The zero-order valence-corrected chi connectivity index (χ0v) is 9.36. The lowest BCUT2D eigenvalue weighted by atomic mass is 9.75. The summed E-state index contributed by atoms with van der Waals surface area (Å²) in [4.78, 5) is 24.2. The summed E-state index contributed by atoms with van der Waals surface area (Å²) in [5.41, 5.74) is -1.05. The van der Waals surface area contributed by atoms with Gasteiger partial charge in [-0.15, -0.1) is 0 Å². The Morgan fingerprint density at radius 3 is 2.25 bits per heavy atom. The highest BCUT2D eigenvalue weighted by atomic mass is 16.7. The fourth-order valence-corrected chi connectivity index (χ4v) is 3.06. The Labute approximate surface area is 93.6 Å². The fourth-order valence-electron chi connectivity index (χ4n) is 3.06. The third-order valence-electron chi connectivity index (χ3n) is 3.79. The van der Waals surface area contributed by atoms with Crippen molar-refractivity contribution in [2.24, 2.45) is 17.3 Å². The van der Waals surface area contributed by atoms with E-state index in [9.17, 15) is 9.59 Å². The Morgan fingerprint density at radius 1 is 1.19 bits per heavy atom. The minimum absolute atomic E-state index is 0.0337. The first-order chi connectivity index (χ1) is 7.44. The minimum atomic E-state index is -1.12. The second-order valence-corrected chi connectivity index (χ2v) is 5.34. The van der Waals surface area contributed by atoms with E-state index in [1.54, 1.807) is 13.8 Å². The van der Waals surface area contributed by atoms with Gasteiger partial charge in [0.2, 0.25) is 0 Å². The van der Waals surface area contributed by atoms with Crippen LogP contribution in [0.2, 0.25) is 0 Å². The Bertz CT molecular complexity index is 387. The number of carbonyl (C=O) groups excluding carboxylic acids is 2. The molecule has 2 atom stereocenters. The summed E-state index contributed by atoms with van der Waals surface area (Å²) in [6, 6.07) is 0. The van der Waals surface area contributed by atoms with Gasteiger partial charge in [-0.2, -0.15) is 0 Å². The van der Waals surface area contributed by atoms with Gasteiger partial charge < -0.3 is 9.47 Å². The molecular weight excluding hydrogens is 208 g/mol. The fraction of sp³-hybridized carbons (Fsp3) is 0.667. The van der Waals surface area contributed by atoms with Gasteiger partial charge in [-0.3, -0.25) is 9.59 Å². The molecule has 2 bridgehead atoms. The van der Waals surface area contributed by atoms with E-state index in [-0.39, 0.29) is 5.92 Å². The molecule has 1 saturated heterocycles. The second-order valence-electron chi connectivity index (χ2n) is 5.34. The van der Waals surface area contributed by atoms with Crippen molar-refractivity contribution in [2.45, 2.75) is 32.5 Å². The van der Waals surface area contributed by atoms with Gasteiger partial charge in [0.15, 0.2) is 5.41 Å². The first-order valence-corrected chi connectivity index (χ1v) is 5.59. The van der Waals surface area contributed by atoms with Crippen molar-refractivity contribution in [3.05, 3.63) is 12.2 Å². The van der Waals surface area contributed by atoms with Crippen molar-refractivity contribution in [1.82, 2.24) is 0 Å². The molecule has 0 aromatic carbocycles. The highest BCUT2D eigenvalue weighted by Gasteiger charge is 2.64. The number of esters is 2. The molecule has 0 N–H and O–H groups in total. The van der Waals surface area contributed by atoms with Gasteiger partial charge in [0.25, 0.3) is 5.79 Å². The normalized spacial score (nSPS) is 37.6. The van der Waals surface area contributed by atoms with Crippen LogP contribution < -0.4 is 0 Å². The van der Waals surface area contributed by atoms with Crippen molar-refractivity contribution >= 4 is 11.9 Å². The third kappa shape index (κ3) is 1.05. The van der Waals surface area contributed by atoms with Gasteiger partial charge in [-0.1, -0.05) is 12.2 Å². The monoisotopic (exact) mass is 222 g/mol. The molecule has 0 amide bonds. The van der Waals surface area contributed by atoms with Crippen molar-refractivity contribution in [3.63, 3.8) is 0 Å². The van der Waals surface area contributed by atoms with Crippen LogP contribution in [0.1, 0.15) is 26.7 Å². The van der Waals surface area contributed by atoms with Crippen molar-refractivity contribution in [3.8, 4) is 0 Å². The molecule has 0 unspecified atom stereocenters. The molecule has 0 aromatic rings. The highest BCUT2D eigenvalue weighted by molar-refractivity contribution is 6.03. The van der Waals surface area contributed by atoms with Crippen LogP contribution in [-0.2, 0) is 19.1 Å². The molecule has 1 saturated carbocycles. The molecule has 16 heavy (non-hydrogen) atoms. The number of fused-ring (bicyclic) bond motifs is 3. The predicted octanol–water partition coefficient (Wildman–Crippen LogP) is 1.40.